The molecule has 2 N–H and O–H groups in total. The van der Waals surface area contributed by atoms with Gasteiger partial charge >= 0.3 is 0 Å². The van der Waals surface area contributed by atoms with E-state index < -0.39 is 0 Å². The van der Waals surface area contributed by atoms with Crippen LogP contribution in [0.15, 0.2) is 38.7 Å². The van der Waals surface area contributed by atoms with E-state index in [0.717, 1.165) is 0 Å². The Morgan fingerprint density at radius 1 is 1.16 bits per heavy atom. The van der Waals surface area contributed by atoms with E-state index >= 15 is 0 Å². The second-order valence-electron chi connectivity index (χ2n) is 3.59. The van der Waals surface area contributed by atoms with Gasteiger partial charge in [-0.05, 0) is 39.5 Å². The maximum absolute atomic E-state index is 11.6. The number of carbonyl (C=O) groups excluding carboxylic acids is 2. The molecule has 2 heterocycles. The van der Waals surface area contributed by atoms with Crippen molar-refractivity contribution >= 4 is 39.1 Å². The van der Waals surface area contributed by atoms with Crippen LogP contribution in [0.2, 0.25) is 0 Å². The van der Waals surface area contributed by atoms with Crippen LogP contribution in [-0.2, 0) is 0 Å². The molecular weight excluding hydrogens is 332 g/mol. The van der Waals surface area contributed by atoms with Crippen molar-refractivity contribution in [3.63, 3.8) is 0 Å². The molecule has 0 unspecified atom stereocenters. The second-order valence-corrected chi connectivity index (χ2v) is 5.32. The normalized spacial score (nSPS) is 10.2. The van der Waals surface area contributed by atoms with E-state index in [9.17, 15) is 9.59 Å². The number of carbonyl (C=O) groups is 2. The molecule has 0 fully saturated rings. The zero-order valence-corrected chi connectivity index (χ0v) is 12.2. The van der Waals surface area contributed by atoms with Gasteiger partial charge in [0.05, 0.1) is 4.88 Å². The Kier molecular flexibility index (Phi) is 4.75. The minimum Gasteiger partial charge on any atom is -0.444 e. The van der Waals surface area contributed by atoms with Gasteiger partial charge in [0.25, 0.3) is 11.8 Å². The predicted octanol–water partition coefficient (Wildman–Crippen LogP) is 2.26. The van der Waals surface area contributed by atoms with Crippen molar-refractivity contribution in [1.82, 2.24) is 10.6 Å². The summed E-state index contributed by atoms with van der Waals surface area (Å²) in [5, 5.41) is 7.20. The lowest BCUT2D eigenvalue weighted by molar-refractivity contribution is 0.0910. The zero-order chi connectivity index (χ0) is 13.7. The van der Waals surface area contributed by atoms with Crippen molar-refractivity contribution < 1.29 is 14.0 Å². The maximum Gasteiger partial charge on any atom is 0.287 e. The number of thiophene rings is 1. The number of amides is 2. The van der Waals surface area contributed by atoms with Gasteiger partial charge in [-0.2, -0.15) is 0 Å². The van der Waals surface area contributed by atoms with Crippen molar-refractivity contribution in [2.24, 2.45) is 0 Å². The highest BCUT2D eigenvalue weighted by atomic mass is 79.9. The van der Waals surface area contributed by atoms with E-state index in [-0.39, 0.29) is 17.6 Å². The molecular formula is C12H11BrN2O3S. The SMILES string of the molecule is O=C(NCCNC(=O)c1cccs1)c1ccc(Br)o1. The van der Waals surface area contributed by atoms with Gasteiger partial charge in [0.2, 0.25) is 0 Å². The third-order valence-electron chi connectivity index (χ3n) is 2.24. The summed E-state index contributed by atoms with van der Waals surface area (Å²) in [4.78, 5) is 23.8. The van der Waals surface area contributed by atoms with Crippen LogP contribution in [0.25, 0.3) is 0 Å². The number of halogens is 1. The molecule has 0 radical (unpaired) electrons. The Bertz CT molecular complexity index is 565. The lowest BCUT2D eigenvalue weighted by Gasteiger charge is -2.04. The second kappa shape index (κ2) is 6.53. The molecule has 0 atom stereocenters. The van der Waals surface area contributed by atoms with Gasteiger partial charge in [-0.25, -0.2) is 0 Å². The van der Waals surface area contributed by atoms with Gasteiger partial charge < -0.3 is 15.1 Å². The van der Waals surface area contributed by atoms with E-state index in [1.165, 1.54) is 11.3 Å². The van der Waals surface area contributed by atoms with Crippen LogP contribution in [0.1, 0.15) is 20.2 Å². The highest BCUT2D eigenvalue weighted by Crippen LogP contribution is 2.13. The molecule has 2 aromatic heterocycles. The predicted molar refractivity (Wildman–Crippen MR) is 75.4 cm³/mol. The van der Waals surface area contributed by atoms with Crippen LogP contribution in [-0.4, -0.2) is 24.9 Å². The number of furan rings is 1. The third kappa shape index (κ3) is 3.93. The lowest BCUT2D eigenvalue weighted by atomic mass is 10.4. The number of hydrogen-bond donors (Lipinski definition) is 2. The molecule has 5 nitrogen and oxygen atoms in total. The summed E-state index contributed by atoms with van der Waals surface area (Å²) in [5.41, 5.74) is 0. The van der Waals surface area contributed by atoms with Gasteiger partial charge in [0.1, 0.15) is 0 Å². The molecule has 7 heteroatoms. The van der Waals surface area contributed by atoms with Crippen LogP contribution < -0.4 is 10.6 Å². The van der Waals surface area contributed by atoms with Crippen LogP contribution in [0.3, 0.4) is 0 Å². The van der Waals surface area contributed by atoms with Gasteiger partial charge in [-0.3, -0.25) is 9.59 Å². The Balaban J connectivity index is 1.70. The molecule has 0 aliphatic heterocycles. The first-order chi connectivity index (χ1) is 9.16. The molecule has 0 spiro atoms. The van der Waals surface area contributed by atoms with E-state index in [1.807, 2.05) is 11.4 Å². The van der Waals surface area contributed by atoms with Gasteiger partial charge in [-0.1, -0.05) is 6.07 Å². The number of nitrogens with one attached hydrogen (secondary N) is 2. The summed E-state index contributed by atoms with van der Waals surface area (Å²) in [6.45, 7) is 0.707. The smallest absolute Gasteiger partial charge is 0.287 e. The maximum atomic E-state index is 11.6. The molecule has 19 heavy (non-hydrogen) atoms. The first kappa shape index (κ1) is 13.8. The van der Waals surface area contributed by atoms with Crippen molar-refractivity contribution in [3.8, 4) is 0 Å². The standard InChI is InChI=1S/C12H11BrN2O3S/c13-10-4-3-8(18-10)11(16)14-5-6-15-12(17)9-2-1-7-19-9/h1-4,7H,5-6H2,(H,14,16)(H,15,17). The molecule has 2 amide bonds. The Morgan fingerprint density at radius 2 is 1.89 bits per heavy atom. The minimum absolute atomic E-state index is 0.134. The summed E-state index contributed by atoms with van der Waals surface area (Å²) in [6.07, 6.45) is 0. The first-order valence-electron chi connectivity index (χ1n) is 5.52. The van der Waals surface area contributed by atoms with E-state index in [2.05, 4.69) is 26.6 Å². The fraction of sp³-hybridized carbons (Fsp3) is 0.167. The number of rotatable bonds is 5. The fourth-order valence-electron chi connectivity index (χ4n) is 1.37. The van der Waals surface area contributed by atoms with Gasteiger partial charge in [-0.15, -0.1) is 11.3 Å². The van der Waals surface area contributed by atoms with Crippen molar-refractivity contribution in [3.05, 3.63) is 45.0 Å². The monoisotopic (exact) mass is 342 g/mol. The third-order valence-corrected chi connectivity index (χ3v) is 3.53. The van der Waals surface area contributed by atoms with Crippen LogP contribution in [0.5, 0.6) is 0 Å². The van der Waals surface area contributed by atoms with E-state index in [1.54, 1.807) is 18.2 Å². The van der Waals surface area contributed by atoms with Crippen LogP contribution in [0, 0.1) is 0 Å². The number of hydrogen-bond acceptors (Lipinski definition) is 4. The van der Waals surface area contributed by atoms with Crippen LogP contribution in [0.4, 0.5) is 0 Å². The highest BCUT2D eigenvalue weighted by molar-refractivity contribution is 9.10. The molecule has 0 aliphatic rings. The van der Waals surface area contributed by atoms with Crippen molar-refractivity contribution in [2.45, 2.75) is 0 Å². The average molecular weight is 343 g/mol. The van der Waals surface area contributed by atoms with Gasteiger partial charge in [0, 0.05) is 13.1 Å². The molecule has 0 aliphatic carbocycles. The molecule has 0 bridgehead atoms. The highest BCUT2D eigenvalue weighted by Gasteiger charge is 2.10. The molecule has 0 saturated carbocycles. The quantitative estimate of drug-likeness (QED) is 0.818. The zero-order valence-electron chi connectivity index (χ0n) is 9.81. The van der Waals surface area contributed by atoms with Crippen LogP contribution >= 0.6 is 27.3 Å². The molecule has 0 aromatic carbocycles. The molecule has 2 aromatic rings. The van der Waals surface area contributed by atoms with Gasteiger partial charge in [0.15, 0.2) is 10.4 Å². The summed E-state index contributed by atoms with van der Waals surface area (Å²) < 4.78 is 5.60. The Hall–Kier alpha value is -1.60. The van der Waals surface area contributed by atoms with Crippen molar-refractivity contribution in [2.75, 3.05) is 13.1 Å². The Labute approximate surface area is 122 Å². The molecule has 2 rings (SSSR count). The minimum atomic E-state index is -0.309. The molecule has 0 saturated heterocycles. The first-order valence-corrected chi connectivity index (χ1v) is 7.19. The largest absolute Gasteiger partial charge is 0.444 e. The average Bonchev–Trinajstić information content (AvgIpc) is 3.04. The summed E-state index contributed by atoms with van der Waals surface area (Å²) in [6, 6.07) is 6.78. The summed E-state index contributed by atoms with van der Waals surface area (Å²) >= 11 is 4.50. The lowest BCUT2D eigenvalue weighted by Crippen LogP contribution is -2.34. The summed E-state index contributed by atoms with van der Waals surface area (Å²) in [7, 11) is 0. The molecule has 100 valence electrons. The van der Waals surface area contributed by atoms with Crippen molar-refractivity contribution in [1.29, 1.82) is 0 Å². The fourth-order valence-corrected chi connectivity index (χ4v) is 2.32. The van der Waals surface area contributed by atoms with E-state index in [0.29, 0.717) is 22.6 Å². The topological polar surface area (TPSA) is 71.3 Å². The summed E-state index contributed by atoms with van der Waals surface area (Å²) in [5.74, 6) is -0.211. The Morgan fingerprint density at radius 3 is 2.47 bits per heavy atom. The van der Waals surface area contributed by atoms with E-state index in [4.69, 9.17) is 4.42 Å².